The van der Waals surface area contributed by atoms with Gasteiger partial charge in [0.15, 0.2) is 22.5 Å². The smallest absolute Gasteiger partial charge is 0.297 e. The number of nitro benzene ring substituents is 1. The van der Waals surface area contributed by atoms with Gasteiger partial charge in [-0.1, -0.05) is 6.07 Å². The van der Waals surface area contributed by atoms with E-state index < -0.39 is 4.92 Å². The first kappa shape index (κ1) is 21.4. The second-order valence-corrected chi connectivity index (χ2v) is 8.94. The highest BCUT2D eigenvalue weighted by atomic mass is 32.1. The molecule has 1 aliphatic heterocycles. The van der Waals surface area contributed by atoms with Crippen LogP contribution in [0.4, 0.5) is 17.5 Å². The summed E-state index contributed by atoms with van der Waals surface area (Å²) in [6.07, 6.45) is 1.74. The van der Waals surface area contributed by atoms with Crippen molar-refractivity contribution in [3.05, 3.63) is 57.3 Å². The highest BCUT2D eigenvalue weighted by molar-refractivity contribution is 7.08. The molecule has 1 aliphatic rings. The zero-order valence-corrected chi connectivity index (χ0v) is 19.5. The highest BCUT2D eigenvalue weighted by Gasteiger charge is 2.23. The maximum atomic E-state index is 11.4. The summed E-state index contributed by atoms with van der Waals surface area (Å²) >= 11 is 1.60. The summed E-state index contributed by atoms with van der Waals surface area (Å²) in [6, 6.07) is 6.54. The Morgan fingerprint density at radius 3 is 2.83 bits per heavy atom. The Balaban J connectivity index is 1.41. The predicted molar refractivity (Wildman–Crippen MR) is 132 cm³/mol. The molecule has 5 aromatic rings. The molecule has 2 N–H and O–H groups in total. The van der Waals surface area contributed by atoms with Crippen molar-refractivity contribution >= 4 is 51.0 Å². The molecule has 0 amide bonds. The number of aromatic amines is 1. The van der Waals surface area contributed by atoms with Gasteiger partial charge in [0.2, 0.25) is 5.95 Å². The summed E-state index contributed by atoms with van der Waals surface area (Å²) in [5, 5.41) is 18.9. The van der Waals surface area contributed by atoms with Crippen molar-refractivity contribution in [2.75, 3.05) is 36.5 Å². The molecule has 0 unspecified atom stereocenters. The number of benzene rings is 1. The fourth-order valence-electron chi connectivity index (χ4n) is 4.14. The van der Waals surface area contributed by atoms with Crippen molar-refractivity contribution in [2.24, 2.45) is 0 Å². The molecule has 0 bridgehead atoms. The van der Waals surface area contributed by atoms with Gasteiger partial charge in [0.05, 0.1) is 35.4 Å². The van der Waals surface area contributed by atoms with Crippen LogP contribution < -0.4 is 10.2 Å². The van der Waals surface area contributed by atoms with Crippen LogP contribution in [0.5, 0.6) is 0 Å². The number of rotatable bonds is 6. The molecule has 1 fully saturated rings. The zero-order chi connectivity index (χ0) is 23.9. The zero-order valence-electron chi connectivity index (χ0n) is 18.7. The number of aromatic nitrogens is 6. The van der Waals surface area contributed by atoms with Gasteiger partial charge in [-0.25, -0.2) is 9.97 Å². The Bertz CT molecular complexity index is 1520. The normalized spacial score (nSPS) is 15.1. The van der Waals surface area contributed by atoms with Crippen LogP contribution in [0.3, 0.4) is 0 Å². The van der Waals surface area contributed by atoms with E-state index in [-0.39, 0.29) is 11.7 Å². The van der Waals surface area contributed by atoms with E-state index in [0.717, 1.165) is 5.69 Å². The quantitative estimate of drug-likeness (QED) is 0.269. The Labute approximate surface area is 202 Å². The predicted octanol–water partition coefficient (Wildman–Crippen LogP) is 3.67. The number of ether oxygens (including phenoxy) is 1. The number of imidazole rings is 2. The number of non-ortho nitro benzene ring substituents is 1. The minimum Gasteiger partial charge on any atom is -0.378 e. The van der Waals surface area contributed by atoms with Crippen LogP contribution in [0.2, 0.25) is 0 Å². The molecule has 13 heteroatoms. The number of hydrogen-bond donors (Lipinski definition) is 2. The third kappa shape index (κ3) is 3.84. The van der Waals surface area contributed by atoms with Crippen LogP contribution in [-0.4, -0.2) is 60.7 Å². The van der Waals surface area contributed by atoms with Gasteiger partial charge in [0.1, 0.15) is 12.2 Å². The number of anilines is 2. The van der Waals surface area contributed by atoms with Crippen LogP contribution >= 0.6 is 11.3 Å². The summed E-state index contributed by atoms with van der Waals surface area (Å²) in [7, 11) is 0. The van der Waals surface area contributed by atoms with Crippen molar-refractivity contribution in [3.63, 3.8) is 0 Å². The lowest BCUT2D eigenvalue weighted by atomic mass is 10.3. The number of para-hydroxylation sites is 1. The number of fused-ring (bicyclic) bond motifs is 2. The lowest BCUT2D eigenvalue weighted by molar-refractivity contribution is -0.383. The number of nitrogens with zero attached hydrogens (tertiary/aromatic N) is 7. The molecule has 5 heterocycles. The van der Waals surface area contributed by atoms with E-state index in [2.05, 4.69) is 25.2 Å². The summed E-state index contributed by atoms with van der Waals surface area (Å²) in [4.78, 5) is 35.0. The van der Waals surface area contributed by atoms with Gasteiger partial charge in [-0.05, 0) is 24.4 Å². The number of H-pyrrole nitrogens is 1. The Morgan fingerprint density at radius 2 is 2.06 bits per heavy atom. The first-order valence-corrected chi connectivity index (χ1v) is 12.0. The average molecular weight is 492 g/mol. The Morgan fingerprint density at radius 1 is 1.20 bits per heavy atom. The van der Waals surface area contributed by atoms with Crippen LogP contribution in [-0.2, 0) is 4.74 Å². The number of nitro groups is 1. The van der Waals surface area contributed by atoms with Crippen LogP contribution in [0.1, 0.15) is 18.8 Å². The van der Waals surface area contributed by atoms with E-state index in [4.69, 9.17) is 14.7 Å². The Hall–Kier alpha value is -4.10. The second kappa shape index (κ2) is 8.60. The largest absolute Gasteiger partial charge is 0.378 e. The molecule has 0 aliphatic carbocycles. The summed E-state index contributed by atoms with van der Waals surface area (Å²) in [6.45, 7) is 4.53. The van der Waals surface area contributed by atoms with Crippen LogP contribution in [0.15, 0.2) is 41.4 Å². The van der Waals surface area contributed by atoms with Crippen molar-refractivity contribution in [1.82, 2.24) is 29.5 Å². The van der Waals surface area contributed by atoms with Gasteiger partial charge in [0.25, 0.3) is 5.69 Å². The van der Waals surface area contributed by atoms with Crippen LogP contribution in [0.25, 0.3) is 27.9 Å². The second-order valence-electron chi connectivity index (χ2n) is 8.16. The molecule has 1 aromatic carbocycles. The lowest BCUT2D eigenvalue weighted by Crippen LogP contribution is -2.37. The molecule has 1 atom stereocenters. The van der Waals surface area contributed by atoms with E-state index in [1.807, 2.05) is 28.3 Å². The molecule has 0 spiro atoms. The average Bonchev–Trinajstić information content (AvgIpc) is 3.63. The maximum absolute atomic E-state index is 11.4. The van der Waals surface area contributed by atoms with Crippen molar-refractivity contribution in [1.29, 1.82) is 0 Å². The van der Waals surface area contributed by atoms with Gasteiger partial charge in [-0.15, -0.1) is 0 Å². The van der Waals surface area contributed by atoms with E-state index >= 15 is 0 Å². The number of hydrogen-bond acceptors (Lipinski definition) is 10. The molecular weight excluding hydrogens is 470 g/mol. The molecule has 1 saturated heterocycles. The van der Waals surface area contributed by atoms with Gasteiger partial charge >= 0.3 is 0 Å². The van der Waals surface area contributed by atoms with Gasteiger partial charge < -0.3 is 19.9 Å². The van der Waals surface area contributed by atoms with E-state index in [1.165, 1.54) is 6.07 Å². The molecule has 178 valence electrons. The third-order valence-electron chi connectivity index (χ3n) is 5.93. The van der Waals surface area contributed by atoms with E-state index in [1.54, 1.807) is 29.8 Å². The Kier molecular flexibility index (Phi) is 5.26. The molecule has 35 heavy (non-hydrogen) atoms. The number of nitrogens with one attached hydrogen (secondary N) is 2. The van der Waals surface area contributed by atoms with Crippen molar-refractivity contribution in [3.8, 4) is 5.69 Å². The molecule has 0 saturated carbocycles. The molecular formula is C22H21N9O3S. The van der Waals surface area contributed by atoms with Gasteiger partial charge in [0, 0.05) is 24.5 Å². The molecule has 0 radical (unpaired) electrons. The number of morpholine rings is 1. The fraction of sp³-hybridized carbons (Fsp3) is 0.273. The fourth-order valence-corrected chi connectivity index (χ4v) is 4.77. The summed E-state index contributed by atoms with van der Waals surface area (Å²) in [5.41, 5.74) is 3.19. The van der Waals surface area contributed by atoms with E-state index in [9.17, 15) is 10.1 Å². The van der Waals surface area contributed by atoms with E-state index in [0.29, 0.717) is 66.1 Å². The monoisotopic (exact) mass is 491 g/mol. The van der Waals surface area contributed by atoms with Crippen molar-refractivity contribution in [2.45, 2.75) is 13.0 Å². The minimum absolute atomic E-state index is 0.0364. The first-order chi connectivity index (χ1) is 17.1. The standard InChI is InChI=1S/C22H21N9O3S/c1-13(19-25-15-3-2-4-16(31(32)33)17(15)26-19)24-20-18-21(30(12-23-18)14-5-10-35-11-14)28-22(27-20)29-6-8-34-9-7-29/h2-5,10-13H,6-9H2,1H3,(H,25,26)(H,24,27,28)/t13-/m1/s1. The summed E-state index contributed by atoms with van der Waals surface area (Å²) < 4.78 is 7.44. The van der Waals surface area contributed by atoms with Crippen LogP contribution in [0, 0.1) is 10.1 Å². The van der Waals surface area contributed by atoms with Gasteiger partial charge in [-0.2, -0.15) is 21.3 Å². The lowest BCUT2D eigenvalue weighted by Gasteiger charge is -2.27. The topological polar surface area (TPSA) is 140 Å². The SMILES string of the molecule is C[C@@H](Nc1nc(N2CCOCC2)nc2c1ncn2-c1ccsc1)c1nc2c([N+](=O)[O-])cccc2[nH]1. The minimum atomic E-state index is -0.426. The molecule has 12 nitrogen and oxygen atoms in total. The third-order valence-corrected chi connectivity index (χ3v) is 6.60. The number of thiophene rings is 1. The van der Waals surface area contributed by atoms with Gasteiger partial charge in [-0.3, -0.25) is 14.7 Å². The summed E-state index contributed by atoms with van der Waals surface area (Å²) in [5.74, 6) is 1.71. The first-order valence-electron chi connectivity index (χ1n) is 11.1. The molecule has 4 aromatic heterocycles. The highest BCUT2D eigenvalue weighted by Crippen LogP contribution is 2.30. The van der Waals surface area contributed by atoms with Crippen molar-refractivity contribution < 1.29 is 9.66 Å². The maximum Gasteiger partial charge on any atom is 0.297 e. The molecule has 6 rings (SSSR count).